The molecular weight excluding hydrogens is 338 g/mol. The fraction of sp³-hybridized carbons (Fsp3) is 0.455. The van der Waals surface area contributed by atoms with Gasteiger partial charge in [-0.1, -0.05) is 45.9 Å². The van der Waals surface area contributed by atoms with Crippen LogP contribution in [0.15, 0.2) is 36.7 Å². The van der Waals surface area contributed by atoms with Gasteiger partial charge < -0.3 is 15.0 Å². The number of anilines is 2. The van der Waals surface area contributed by atoms with Crippen molar-refractivity contribution in [2.75, 3.05) is 36.5 Å². The molecule has 144 valence electrons. The first kappa shape index (κ1) is 19.4. The summed E-state index contributed by atoms with van der Waals surface area (Å²) in [4.78, 5) is 19.5. The smallest absolute Gasteiger partial charge is 0.257 e. The van der Waals surface area contributed by atoms with Crippen LogP contribution >= 0.6 is 0 Å². The Labute approximate surface area is 161 Å². The Morgan fingerprint density at radius 1 is 1.07 bits per heavy atom. The minimum atomic E-state index is -0.118. The Morgan fingerprint density at radius 2 is 1.70 bits per heavy atom. The molecule has 1 amide bonds. The van der Waals surface area contributed by atoms with E-state index in [1.54, 1.807) is 6.20 Å². The van der Waals surface area contributed by atoms with Crippen LogP contribution in [0.1, 0.15) is 61.0 Å². The zero-order valence-electron chi connectivity index (χ0n) is 16.7. The van der Waals surface area contributed by atoms with Crippen molar-refractivity contribution in [1.29, 1.82) is 0 Å². The number of carbonyl (C=O) groups excluding carboxylic acids is 1. The minimum absolute atomic E-state index is 0.118. The van der Waals surface area contributed by atoms with Crippen molar-refractivity contribution in [3.8, 4) is 0 Å². The molecule has 1 aliphatic rings. The van der Waals surface area contributed by atoms with E-state index < -0.39 is 0 Å². The lowest BCUT2D eigenvalue weighted by atomic mass is 9.92. The van der Waals surface area contributed by atoms with E-state index in [4.69, 9.17) is 4.74 Å². The van der Waals surface area contributed by atoms with Gasteiger partial charge in [0.15, 0.2) is 0 Å². The zero-order valence-corrected chi connectivity index (χ0v) is 16.7. The molecule has 0 spiro atoms. The topological polar surface area (TPSA) is 54.5 Å². The normalized spacial score (nSPS) is 14.7. The standard InChI is InChI=1S/C22H29N3O2/c1-15(2)19-6-5-7-20(16(3)4)21(19)24-22(26)17-12-18(14-23-13-17)25-8-10-27-11-9-25/h5-7,12-16H,8-11H2,1-4H3,(H,24,26). The van der Waals surface area contributed by atoms with E-state index in [-0.39, 0.29) is 5.91 Å². The first-order valence-electron chi connectivity index (χ1n) is 9.69. The Hall–Kier alpha value is -2.40. The lowest BCUT2D eigenvalue weighted by Gasteiger charge is -2.28. The van der Waals surface area contributed by atoms with Crippen molar-refractivity contribution >= 4 is 17.3 Å². The average Bonchev–Trinajstić information content (AvgIpc) is 2.68. The van der Waals surface area contributed by atoms with E-state index in [1.165, 1.54) is 0 Å². The van der Waals surface area contributed by atoms with Crippen molar-refractivity contribution in [2.45, 2.75) is 39.5 Å². The van der Waals surface area contributed by atoms with E-state index in [0.717, 1.165) is 35.6 Å². The van der Waals surface area contributed by atoms with Crippen molar-refractivity contribution < 1.29 is 9.53 Å². The van der Waals surface area contributed by atoms with Crippen LogP contribution in [0.3, 0.4) is 0 Å². The minimum Gasteiger partial charge on any atom is -0.378 e. The quantitative estimate of drug-likeness (QED) is 0.850. The van der Waals surface area contributed by atoms with Gasteiger partial charge >= 0.3 is 0 Å². The highest BCUT2D eigenvalue weighted by molar-refractivity contribution is 6.05. The first-order valence-corrected chi connectivity index (χ1v) is 9.69. The molecule has 1 fully saturated rings. The largest absolute Gasteiger partial charge is 0.378 e. The molecule has 5 heteroatoms. The van der Waals surface area contributed by atoms with Gasteiger partial charge in [-0.3, -0.25) is 9.78 Å². The molecule has 1 N–H and O–H groups in total. The maximum atomic E-state index is 13.0. The summed E-state index contributed by atoms with van der Waals surface area (Å²) in [6.45, 7) is 11.6. The van der Waals surface area contributed by atoms with Crippen LogP contribution < -0.4 is 10.2 Å². The summed E-state index contributed by atoms with van der Waals surface area (Å²) in [7, 11) is 0. The number of nitrogens with zero attached hydrogens (tertiary/aromatic N) is 2. The zero-order chi connectivity index (χ0) is 19.4. The number of nitrogens with one attached hydrogen (secondary N) is 1. The molecule has 0 radical (unpaired) electrons. The lowest BCUT2D eigenvalue weighted by Crippen LogP contribution is -2.36. The number of pyridine rings is 1. The molecule has 0 atom stereocenters. The van der Waals surface area contributed by atoms with Gasteiger partial charge in [0.1, 0.15) is 0 Å². The fourth-order valence-corrected chi connectivity index (χ4v) is 3.43. The van der Waals surface area contributed by atoms with Crippen LogP contribution in [0.25, 0.3) is 0 Å². The summed E-state index contributed by atoms with van der Waals surface area (Å²) in [5, 5.41) is 3.17. The lowest BCUT2D eigenvalue weighted by molar-refractivity contribution is 0.102. The highest BCUT2D eigenvalue weighted by Crippen LogP contribution is 2.32. The Balaban J connectivity index is 1.88. The predicted octanol–water partition coefficient (Wildman–Crippen LogP) is 4.42. The highest BCUT2D eigenvalue weighted by Gasteiger charge is 2.18. The molecule has 0 saturated carbocycles. The third-order valence-corrected chi connectivity index (χ3v) is 4.97. The summed E-state index contributed by atoms with van der Waals surface area (Å²) in [5.41, 5.74) is 4.79. The van der Waals surface area contributed by atoms with E-state index in [9.17, 15) is 4.79 Å². The molecule has 3 rings (SSSR count). The molecule has 1 saturated heterocycles. The number of aromatic nitrogens is 1. The number of carbonyl (C=O) groups is 1. The van der Waals surface area contributed by atoms with Crippen molar-refractivity contribution in [3.63, 3.8) is 0 Å². The molecule has 0 unspecified atom stereocenters. The SMILES string of the molecule is CC(C)c1cccc(C(C)C)c1NC(=O)c1cncc(N2CCOCC2)c1. The molecule has 27 heavy (non-hydrogen) atoms. The monoisotopic (exact) mass is 367 g/mol. The number of hydrogen-bond acceptors (Lipinski definition) is 4. The number of amides is 1. The van der Waals surface area contributed by atoms with Crippen molar-refractivity contribution in [3.05, 3.63) is 53.3 Å². The molecule has 5 nitrogen and oxygen atoms in total. The van der Waals surface area contributed by atoms with Gasteiger partial charge in [-0.2, -0.15) is 0 Å². The number of hydrogen-bond donors (Lipinski definition) is 1. The Kier molecular flexibility index (Phi) is 6.11. The molecule has 1 aromatic carbocycles. The van der Waals surface area contributed by atoms with Crippen LogP contribution in [0, 0.1) is 0 Å². The fourth-order valence-electron chi connectivity index (χ4n) is 3.43. The summed E-state index contributed by atoms with van der Waals surface area (Å²) in [5.74, 6) is 0.543. The van der Waals surface area contributed by atoms with Gasteiger partial charge in [0.25, 0.3) is 5.91 Å². The van der Waals surface area contributed by atoms with Crippen molar-refractivity contribution in [2.24, 2.45) is 0 Å². The van der Waals surface area contributed by atoms with Gasteiger partial charge in [-0.15, -0.1) is 0 Å². The summed E-state index contributed by atoms with van der Waals surface area (Å²) in [6.07, 6.45) is 3.44. The van der Waals surface area contributed by atoms with E-state index in [1.807, 2.05) is 12.3 Å². The third-order valence-electron chi connectivity index (χ3n) is 4.97. The van der Waals surface area contributed by atoms with Gasteiger partial charge in [-0.25, -0.2) is 0 Å². The molecular formula is C22H29N3O2. The number of ether oxygens (including phenoxy) is 1. The van der Waals surface area contributed by atoms with Crippen LogP contribution in [0.4, 0.5) is 11.4 Å². The average molecular weight is 367 g/mol. The summed E-state index contributed by atoms with van der Waals surface area (Å²) >= 11 is 0. The Morgan fingerprint density at radius 3 is 2.30 bits per heavy atom. The Bertz CT molecular complexity index is 770. The number of rotatable bonds is 5. The molecule has 0 bridgehead atoms. The molecule has 1 aliphatic heterocycles. The molecule has 2 aromatic rings. The maximum absolute atomic E-state index is 13.0. The van der Waals surface area contributed by atoms with E-state index >= 15 is 0 Å². The van der Waals surface area contributed by atoms with Crippen LogP contribution in [-0.2, 0) is 4.74 Å². The van der Waals surface area contributed by atoms with Gasteiger partial charge in [0.2, 0.25) is 0 Å². The highest BCUT2D eigenvalue weighted by atomic mass is 16.5. The number of morpholine rings is 1. The molecule has 1 aromatic heterocycles. The first-order chi connectivity index (χ1) is 13.0. The summed E-state index contributed by atoms with van der Waals surface area (Å²) < 4.78 is 5.41. The molecule has 0 aliphatic carbocycles. The predicted molar refractivity (Wildman–Crippen MR) is 110 cm³/mol. The van der Waals surface area contributed by atoms with Crippen LogP contribution in [0.2, 0.25) is 0 Å². The van der Waals surface area contributed by atoms with Crippen molar-refractivity contribution in [1.82, 2.24) is 4.98 Å². The van der Waals surface area contributed by atoms with Gasteiger partial charge in [0.05, 0.1) is 30.7 Å². The van der Waals surface area contributed by atoms with Crippen LogP contribution in [0.5, 0.6) is 0 Å². The van der Waals surface area contributed by atoms with E-state index in [2.05, 4.69) is 61.1 Å². The van der Waals surface area contributed by atoms with Crippen LogP contribution in [-0.4, -0.2) is 37.2 Å². The van der Waals surface area contributed by atoms with Gasteiger partial charge in [-0.05, 0) is 29.0 Å². The number of para-hydroxylation sites is 1. The maximum Gasteiger partial charge on any atom is 0.257 e. The second-order valence-electron chi connectivity index (χ2n) is 7.61. The summed E-state index contributed by atoms with van der Waals surface area (Å²) in [6, 6.07) is 8.17. The third kappa shape index (κ3) is 4.48. The second-order valence-corrected chi connectivity index (χ2v) is 7.61. The van der Waals surface area contributed by atoms with Gasteiger partial charge in [0, 0.05) is 25.0 Å². The second kappa shape index (κ2) is 8.53. The molecule has 2 heterocycles. The number of benzene rings is 1. The van der Waals surface area contributed by atoms with E-state index in [0.29, 0.717) is 30.6 Å².